The second-order valence-corrected chi connectivity index (χ2v) is 5.34. The Morgan fingerprint density at radius 2 is 1.65 bits per heavy atom. The van der Waals surface area contributed by atoms with Gasteiger partial charge in [-0.1, -0.05) is 34.5 Å². The van der Waals surface area contributed by atoms with E-state index in [9.17, 15) is 0 Å². The van der Waals surface area contributed by atoms with Gasteiger partial charge in [-0.3, -0.25) is 0 Å². The molecule has 0 aliphatic carbocycles. The third-order valence-corrected chi connectivity index (χ3v) is 3.48. The van der Waals surface area contributed by atoms with Crippen molar-refractivity contribution in [1.82, 2.24) is 25.0 Å². The first-order valence-corrected chi connectivity index (χ1v) is 6.69. The summed E-state index contributed by atoms with van der Waals surface area (Å²) < 4.78 is 1.74. The predicted octanol–water partition coefficient (Wildman–Crippen LogP) is 3.10. The molecule has 0 fully saturated rings. The molecule has 0 aliphatic heterocycles. The predicted molar refractivity (Wildman–Crippen MR) is 78.4 cm³/mol. The molecule has 0 amide bonds. The number of aryl methyl sites for hydroxylation is 4. The fourth-order valence-electron chi connectivity index (χ4n) is 2.54. The minimum absolute atomic E-state index is 0.334. The summed E-state index contributed by atoms with van der Waals surface area (Å²) in [4.78, 5) is 8.53. The van der Waals surface area contributed by atoms with E-state index >= 15 is 0 Å². The highest BCUT2D eigenvalue weighted by Crippen LogP contribution is 2.25. The molecule has 3 aromatic rings. The number of halogens is 1. The fraction of sp³-hybridized carbons (Fsp3) is 0.286. The van der Waals surface area contributed by atoms with E-state index in [1.165, 1.54) is 5.56 Å². The van der Waals surface area contributed by atoms with Gasteiger partial charge in [0.05, 0.1) is 5.69 Å². The highest BCUT2D eigenvalue weighted by Gasteiger charge is 2.16. The Balaban J connectivity index is 2.36. The molecule has 0 bridgehead atoms. The second kappa shape index (κ2) is 4.52. The van der Waals surface area contributed by atoms with Gasteiger partial charge in [-0.2, -0.15) is 4.68 Å². The number of aromatic nitrogens is 5. The van der Waals surface area contributed by atoms with Crippen LogP contribution in [0.15, 0.2) is 12.1 Å². The van der Waals surface area contributed by atoms with Gasteiger partial charge < -0.3 is 0 Å². The summed E-state index contributed by atoms with van der Waals surface area (Å²) in [7, 11) is 0. The topological polar surface area (TPSA) is 56.5 Å². The van der Waals surface area contributed by atoms with Gasteiger partial charge in [-0.25, -0.2) is 9.97 Å². The first kappa shape index (κ1) is 13.0. The van der Waals surface area contributed by atoms with Crippen LogP contribution in [-0.2, 0) is 0 Å². The van der Waals surface area contributed by atoms with E-state index in [0.29, 0.717) is 22.1 Å². The summed E-state index contributed by atoms with van der Waals surface area (Å²) in [6, 6.07) is 4.23. The molecule has 0 atom stereocenters. The average Bonchev–Trinajstić information content (AvgIpc) is 2.72. The van der Waals surface area contributed by atoms with Crippen molar-refractivity contribution >= 4 is 22.8 Å². The zero-order valence-electron chi connectivity index (χ0n) is 11.8. The zero-order valence-corrected chi connectivity index (χ0v) is 12.5. The van der Waals surface area contributed by atoms with Crippen molar-refractivity contribution in [3.63, 3.8) is 0 Å². The normalized spacial score (nSPS) is 11.2. The molecule has 0 saturated carbocycles. The van der Waals surface area contributed by atoms with Crippen molar-refractivity contribution in [1.29, 1.82) is 0 Å². The minimum Gasteiger partial charge on any atom is -0.219 e. The fourth-order valence-corrected chi connectivity index (χ4v) is 2.79. The van der Waals surface area contributed by atoms with Gasteiger partial charge in [0.15, 0.2) is 16.3 Å². The lowest BCUT2D eigenvalue weighted by Gasteiger charge is -2.11. The number of nitrogens with zero attached hydrogens (tertiary/aromatic N) is 5. The summed E-state index contributed by atoms with van der Waals surface area (Å²) in [5.74, 6) is 0.605. The maximum atomic E-state index is 6.10. The number of hydrogen-bond donors (Lipinski definition) is 0. The molecule has 102 valence electrons. The van der Waals surface area contributed by atoms with Gasteiger partial charge in [0.25, 0.3) is 0 Å². The van der Waals surface area contributed by atoms with Crippen LogP contribution in [0, 0.1) is 27.7 Å². The SMILES string of the molecule is Cc1cc(C)c(-n2nnc3c(Cl)nc(C)nc32)c(C)c1. The van der Waals surface area contributed by atoms with Crippen molar-refractivity contribution in [2.45, 2.75) is 27.7 Å². The van der Waals surface area contributed by atoms with Crippen molar-refractivity contribution in [2.24, 2.45) is 0 Å². The third kappa shape index (κ3) is 1.94. The molecule has 6 heteroatoms. The van der Waals surface area contributed by atoms with E-state index in [1.54, 1.807) is 11.6 Å². The lowest BCUT2D eigenvalue weighted by molar-refractivity contribution is 0.805. The van der Waals surface area contributed by atoms with Crippen molar-refractivity contribution in [3.05, 3.63) is 39.8 Å². The molecular weight excluding hydrogens is 274 g/mol. The van der Waals surface area contributed by atoms with Crippen LogP contribution >= 0.6 is 11.6 Å². The first-order chi connectivity index (χ1) is 9.47. The minimum atomic E-state index is 0.334. The van der Waals surface area contributed by atoms with Crippen LogP contribution in [0.3, 0.4) is 0 Å². The third-order valence-electron chi connectivity index (χ3n) is 3.22. The lowest BCUT2D eigenvalue weighted by Crippen LogP contribution is -2.04. The van der Waals surface area contributed by atoms with E-state index in [4.69, 9.17) is 11.6 Å². The molecule has 2 aromatic heterocycles. The first-order valence-electron chi connectivity index (χ1n) is 6.31. The summed E-state index contributed by atoms with van der Waals surface area (Å²) in [5.41, 5.74) is 5.63. The van der Waals surface area contributed by atoms with Gasteiger partial charge >= 0.3 is 0 Å². The Morgan fingerprint density at radius 1 is 1.00 bits per heavy atom. The van der Waals surface area contributed by atoms with E-state index in [1.807, 2.05) is 0 Å². The van der Waals surface area contributed by atoms with E-state index in [0.717, 1.165) is 16.8 Å². The number of hydrogen-bond acceptors (Lipinski definition) is 4. The Hall–Kier alpha value is -2.01. The molecule has 0 radical (unpaired) electrons. The molecule has 3 rings (SSSR count). The Kier molecular flexibility index (Phi) is 2.94. The van der Waals surface area contributed by atoms with Crippen LogP contribution in [0.25, 0.3) is 16.9 Å². The summed E-state index contributed by atoms with van der Waals surface area (Å²) in [6.07, 6.45) is 0. The van der Waals surface area contributed by atoms with Crippen molar-refractivity contribution < 1.29 is 0 Å². The zero-order chi connectivity index (χ0) is 14.4. The summed E-state index contributed by atoms with van der Waals surface area (Å²) >= 11 is 6.10. The summed E-state index contributed by atoms with van der Waals surface area (Å²) in [5, 5.41) is 8.63. The second-order valence-electron chi connectivity index (χ2n) is 4.98. The maximum absolute atomic E-state index is 6.10. The Bertz CT molecular complexity index is 799. The smallest absolute Gasteiger partial charge is 0.188 e. The quantitative estimate of drug-likeness (QED) is 0.645. The molecule has 2 heterocycles. The maximum Gasteiger partial charge on any atom is 0.188 e. The van der Waals surface area contributed by atoms with Crippen LogP contribution in [0.1, 0.15) is 22.5 Å². The molecule has 20 heavy (non-hydrogen) atoms. The Morgan fingerprint density at radius 3 is 2.30 bits per heavy atom. The van der Waals surface area contributed by atoms with Gasteiger partial charge in [-0.15, -0.1) is 5.10 Å². The van der Waals surface area contributed by atoms with Crippen LogP contribution in [0.5, 0.6) is 0 Å². The highest BCUT2D eigenvalue weighted by atomic mass is 35.5. The molecule has 0 N–H and O–H groups in total. The van der Waals surface area contributed by atoms with Crippen LogP contribution in [0.2, 0.25) is 5.15 Å². The van der Waals surface area contributed by atoms with Gasteiger partial charge in [0.2, 0.25) is 0 Å². The van der Waals surface area contributed by atoms with Gasteiger partial charge in [0, 0.05) is 0 Å². The van der Waals surface area contributed by atoms with Gasteiger partial charge in [-0.05, 0) is 38.8 Å². The largest absolute Gasteiger partial charge is 0.219 e. The molecule has 0 spiro atoms. The van der Waals surface area contributed by atoms with Crippen molar-refractivity contribution in [3.8, 4) is 5.69 Å². The molecule has 0 unspecified atom stereocenters. The number of fused-ring (bicyclic) bond motifs is 1. The van der Waals surface area contributed by atoms with Crippen molar-refractivity contribution in [2.75, 3.05) is 0 Å². The summed E-state index contributed by atoms with van der Waals surface area (Å²) in [6.45, 7) is 7.99. The molecule has 0 aliphatic rings. The lowest BCUT2D eigenvalue weighted by atomic mass is 10.1. The molecule has 5 nitrogen and oxygen atoms in total. The molecular formula is C14H14ClN5. The Labute approximate surface area is 121 Å². The molecule has 1 aromatic carbocycles. The van der Waals surface area contributed by atoms with Crippen LogP contribution < -0.4 is 0 Å². The monoisotopic (exact) mass is 287 g/mol. The number of benzene rings is 1. The average molecular weight is 288 g/mol. The van der Waals surface area contributed by atoms with Crippen LogP contribution in [-0.4, -0.2) is 25.0 Å². The van der Waals surface area contributed by atoms with E-state index < -0.39 is 0 Å². The number of rotatable bonds is 1. The van der Waals surface area contributed by atoms with Crippen LogP contribution in [0.4, 0.5) is 0 Å². The van der Waals surface area contributed by atoms with E-state index in [-0.39, 0.29) is 0 Å². The standard InChI is InChI=1S/C14H14ClN5/c1-7-5-8(2)12(9(3)6-7)20-14-11(18-19-20)13(15)16-10(4)17-14/h5-6H,1-4H3. The van der Waals surface area contributed by atoms with E-state index in [2.05, 4.69) is 53.2 Å². The molecule has 0 saturated heterocycles. The highest BCUT2D eigenvalue weighted by molar-refractivity contribution is 6.33. The van der Waals surface area contributed by atoms with Gasteiger partial charge in [0.1, 0.15) is 5.82 Å².